The molecule has 0 N–H and O–H groups in total. The lowest BCUT2D eigenvalue weighted by atomic mass is 10.3. The van der Waals surface area contributed by atoms with Gasteiger partial charge in [0.1, 0.15) is 0 Å². The van der Waals surface area contributed by atoms with E-state index in [1.807, 2.05) is 0 Å². The SMILES string of the molecule is CCCC=C=C(C)C. The summed E-state index contributed by atoms with van der Waals surface area (Å²) in [5.41, 5.74) is 4.40. The van der Waals surface area contributed by atoms with Crippen molar-refractivity contribution >= 4 is 0 Å². The molecule has 0 heteroatoms. The van der Waals surface area contributed by atoms with Gasteiger partial charge in [-0.25, -0.2) is 0 Å². The van der Waals surface area contributed by atoms with Crippen molar-refractivity contribution in [2.24, 2.45) is 0 Å². The highest BCUT2D eigenvalue weighted by molar-refractivity contribution is 4.93. The molecular formula is C8H14. The quantitative estimate of drug-likeness (QED) is 0.479. The van der Waals surface area contributed by atoms with Crippen LogP contribution in [0.15, 0.2) is 17.4 Å². The Morgan fingerprint density at radius 3 is 2.50 bits per heavy atom. The third-order valence-electron chi connectivity index (χ3n) is 0.824. The summed E-state index contributed by atoms with van der Waals surface area (Å²) in [7, 11) is 0. The zero-order valence-corrected chi connectivity index (χ0v) is 5.99. The minimum atomic E-state index is 1.16. The fraction of sp³-hybridized carbons (Fsp3) is 0.625. The van der Waals surface area contributed by atoms with Crippen molar-refractivity contribution in [3.63, 3.8) is 0 Å². The highest BCUT2D eigenvalue weighted by Crippen LogP contribution is 1.89. The lowest BCUT2D eigenvalue weighted by Crippen LogP contribution is -1.58. The number of unbranched alkanes of at least 4 members (excludes halogenated alkanes) is 1. The maximum absolute atomic E-state index is 3.14. The topological polar surface area (TPSA) is 0 Å². The fourth-order valence-electron chi connectivity index (χ4n) is 0.421. The monoisotopic (exact) mass is 110 g/mol. The maximum atomic E-state index is 3.14. The first kappa shape index (κ1) is 7.52. The number of allylic oxidation sites excluding steroid dienone is 1. The van der Waals surface area contributed by atoms with Crippen LogP contribution < -0.4 is 0 Å². The predicted molar refractivity (Wildman–Crippen MR) is 37.9 cm³/mol. The van der Waals surface area contributed by atoms with Crippen LogP contribution in [0.3, 0.4) is 0 Å². The molecule has 0 fully saturated rings. The summed E-state index contributed by atoms with van der Waals surface area (Å²) < 4.78 is 0. The average molecular weight is 110 g/mol. The van der Waals surface area contributed by atoms with Gasteiger partial charge in [0.25, 0.3) is 0 Å². The summed E-state index contributed by atoms with van der Waals surface area (Å²) >= 11 is 0. The molecule has 0 bridgehead atoms. The molecule has 0 spiro atoms. The molecular weight excluding hydrogens is 96.1 g/mol. The van der Waals surface area contributed by atoms with E-state index in [2.05, 4.69) is 32.6 Å². The van der Waals surface area contributed by atoms with E-state index >= 15 is 0 Å². The average Bonchev–Trinajstić information content (AvgIpc) is 1.66. The van der Waals surface area contributed by atoms with Gasteiger partial charge in [-0.05, 0) is 31.9 Å². The molecule has 46 valence electrons. The summed E-state index contributed by atoms with van der Waals surface area (Å²) in [5.74, 6) is 0. The van der Waals surface area contributed by atoms with Crippen molar-refractivity contribution in [3.05, 3.63) is 17.4 Å². The van der Waals surface area contributed by atoms with Crippen molar-refractivity contribution in [3.8, 4) is 0 Å². The van der Waals surface area contributed by atoms with Crippen molar-refractivity contribution in [1.82, 2.24) is 0 Å². The van der Waals surface area contributed by atoms with Crippen LogP contribution in [-0.4, -0.2) is 0 Å². The summed E-state index contributed by atoms with van der Waals surface area (Å²) in [4.78, 5) is 0. The van der Waals surface area contributed by atoms with E-state index in [-0.39, 0.29) is 0 Å². The minimum Gasteiger partial charge on any atom is -0.127 e. The van der Waals surface area contributed by atoms with E-state index in [0.29, 0.717) is 0 Å². The molecule has 0 aromatic heterocycles. The van der Waals surface area contributed by atoms with Gasteiger partial charge in [-0.1, -0.05) is 13.3 Å². The second kappa shape index (κ2) is 4.67. The molecule has 8 heavy (non-hydrogen) atoms. The molecule has 0 aliphatic carbocycles. The molecule has 0 aromatic carbocycles. The molecule has 0 saturated heterocycles. The first-order valence-electron chi connectivity index (χ1n) is 3.15. The lowest BCUT2D eigenvalue weighted by molar-refractivity contribution is 0.959. The predicted octanol–water partition coefficient (Wildman–Crippen LogP) is 2.91. The van der Waals surface area contributed by atoms with Gasteiger partial charge in [0.05, 0.1) is 0 Å². The Morgan fingerprint density at radius 1 is 1.50 bits per heavy atom. The maximum Gasteiger partial charge on any atom is -0.0277 e. The smallest absolute Gasteiger partial charge is 0.0277 e. The van der Waals surface area contributed by atoms with Gasteiger partial charge in [-0.3, -0.25) is 0 Å². The Bertz CT molecular complexity index is 99.2. The van der Waals surface area contributed by atoms with Crippen molar-refractivity contribution in [1.29, 1.82) is 0 Å². The molecule has 0 heterocycles. The van der Waals surface area contributed by atoms with Crippen LogP contribution in [0.5, 0.6) is 0 Å². The first-order valence-corrected chi connectivity index (χ1v) is 3.15. The third-order valence-corrected chi connectivity index (χ3v) is 0.824. The number of rotatable bonds is 2. The summed E-state index contributed by atoms with van der Waals surface area (Å²) in [6.07, 6.45) is 4.47. The lowest BCUT2D eigenvalue weighted by Gasteiger charge is -1.78. The van der Waals surface area contributed by atoms with Crippen LogP contribution in [-0.2, 0) is 0 Å². The number of hydrogen-bond acceptors (Lipinski definition) is 0. The van der Waals surface area contributed by atoms with Crippen LogP contribution in [0, 0.1) is 0 Å². The second-order valence-corrected chi connectivity index (χ2v) is 2.14. The normalized spacial score (nSPS) is 7.88. The molecule has 0 aromatic rings. The molecule has 0 radical (unpaired) electrons. The van der Waals surface area contributed by atoms with E-state index in [4.69, 9.17) is 0 Å². The van der Waals surface area contributed by atoms with Crippen LogP contribution in [0.25, 0.3) is 0 Å². The Labute approximate surface area is 51.9 Å². The van der Waals surface area contributed by atoms with Crippen molar-refractivity contribution in [2.75, 3.05) is 0 Å². The van der Waals surface area contributed by atoms with Gasteiger partial charge in [0, 0.05) is 0 Å². The molecule has 0 nitrogen and oxygen atoms in total. The van der Waals surface area contributed by atoms with Crippen LogP contribution in [0.1, 0.15) is 33.6 Å². The van der Waals surface area contributed by atoms with E-state index in [1.54, 1.807) is 0 Å². The van der Waals surface area contributed by atoms with E-state index in [1.165, 1.54) is 12.0 Å². The Morgan fingerprint density at radius 2 is 2.12 bits per heavy atom. The molecule has 0 atom stereocenters. The highest BCUT2D eigenvalue weighted by atomic mass is 13.7. The molecule has 0 saturated carbocycles. The van der Waals surface area contributed by atoms with Gasteiger partial charge in [-0.15, -0.1) is 5.73 Å². The first-order chi connectivity index (χ1) is 3.77. The van der Waals surface area contributed by atoms with E-state index < -0.39 is 0 Å². The standard InChI is InChI=1S/C8H14/c1-4-5-6-7-8(2)3/h6H,4-5H2,1-3H3. The largest absolute Gasteiger partial charge is 0.127 e. The third kappa shape index (κ3) is 5.52. The van der Waals surface area contributed by atoms with Gasteiger partial charge in [0.2, 0.25) is 0 Å². The Balaban J connectivity index is 3.48. The fourth-order valence-corrected chi connectivity index (χ4v) is 0.421. The van der Waals surface area contributed by atoms with Crippen LogP contribution in [0.4, 0.5) is 0 Å². The molecule has 0 aliphatic heterocycles. The molecule has 0 aliphatic rings. The zero-order valence-electron chi connectivity index (χ0n) is 5.99. The van der Waals surface area contributed by atoms with Gasteiger partial charge < -0.3 is 0 Å². The highest BCUT2D eigenvalue weighted by Gasteiger charge is 1.69. The molecule has 0 unspecified atom stereocenters. The van der Waals surface area contributed by atoms with Crippen LogP contribution >= 0.6 is 0 Å². The van der Waals surface area contributed by atoms with E-state index in [9.17, 15) is 0 Å². The summed E-state index contributed by atoms with van der Waals surface area (Å²) in [5, 5.41) is 0. The zero-order chi connectivity index (χ0) is 6.41. The van der Waals surface area contributed by atoms with Gasteiger partial charge >= 0.3 is 0 Å². The number of hydrogen-bond donors (Lipinski definition) is 0. The summed E-state index contributed by atoms with van der Waals surface area (Å²) in [6, 6.07) is 0. The molecule has 0 rings (SSSR count). The molecule has 0 amide bonds. The Kier molecular flexibility index (Phi) is 4.39. The van der Waals surface area contributed by atoms with E-state index in [0.717, 1.165) is 6.42 Å². The van der Waals surface area contributed by atoms with Crippen LogP contribution in [0.2, 0.25) is 0 Å². The summed E-state index contributed by atoms with van der Waals surface area (Å²) in [6.45, 7) is 6.29. The Hall–Kier alpha value is -0.480. The van der Waals surface area contributed by atoms with Gasteiger partial charge in [0.15, 0.2) is 0 Å². The van der Waals surface area contributed by atoms with Crippen molar-refractivity contribution in [2.45, 2.75) is 33.6 Å². The minimum absolute atomic E-state index is 1.16. The van der Waals surface area contributed by atoms with Crippen molar-refractivity contribution < 1.29 is 0 Å². The van der Waals surface area contributed by atoms with Gasteiger partial charge in [-0.2, -0.15) is 0 Å². The second-order valence-electron chi connectivity index (χ2n) is 2.14.